The Bertz CT molecular complexity index is 657. The van der Waals surface area contributed by atoms with Crippen molar-refractivity contribution in [3.63, 3.8) is 0 Å². The summed E-state index contributed by atoms with van der Waals surface area (Å²) in [6.07, 6.45) is 0. The van der Waals surface area contributed by atoms with Gasteiger partial charge in [0, 0.05) is 8.96 Å². The predicted molar refractivity (Wildman–Crippen MR) is 81.4 cm³/mol. The molecule has 0 saturated carbocycles. The largest absolute Gasteiger partial charge is 0.459 e. The fourth-order valence-corrected chi connectivity index (χ4v) is 2.59. The van der Waals surface area contributed by atoms with E-state index in [2.05, 4.69) is 34.7 Å². The standard InChI is InChI=1S/C15H12INO/c16-12-6-3-5-11(8-12)15(17)14-9-10-4-1-2-7-13(10)18-14/h1-9,15H,17H2. The highest BCUT2D eigenvalue weighted by atomic mass is 127. The van der Waals surface area contributed by atoms with E-state index in [0.717, 1.165) is 22.3 Å². The van der Waals surface area contributed by atoms with Crippen LogP contribution in [0, 0.1) is 3.57 Å². The molecule has 0 aliphatic heterocycles. The minimum atomic E-state index is -0.216. The first-order valence-electron chi connectivity index (χ1n) is 5.73. The summed E-state index contributed by atoms with van der Waals surface area (Å²) in [6.45, 7) is 0. The first-order chi connectivity index (χ1) is 8.74. The molecule has 1 aromatic heterocycles. The molecular weight excluding hydrogens is 337 g/mol. The monoisotopic (exact) mass is 349 g/mol. The van der Waals surface area contributed by atoms with E-state index in [9.17, 15) is 0 Å². The Morgan fingerprint density at radius 3 is 2.61 bits per heavy atom. The number of furan rings is 1. The quantitative estimate of drug-likeness (QED) is 0.708. The van der Waals surface area contributed by atoms with Crippen LogP contribution in [0.25, 0.3) is 11.0 Å². The molecule has 1 heterocycles. The maximum absolute atomic E-state index is 6.25. The third-order valence-corrected chi connectivity index (χ3v) is 3.63. The molecule has 2 aromatic carbocycles. The normalized spacial score (nSPS) is 12.8. The van der Waals surface area contributed by atoms with Gasteiger partial charge < -0.3 is 10.2 Å². The van der Waals surface area contributed by atoms with E-state index in [1.807, 2.05) is 42.5 Å². The van der Waals surface area contributed by atoms with Crippen LogP contribution in [0.15, 0.2) is 59.0 Å². The van der Waals surface area contributed by atoms with E-state index >= 15 is 0 Å². The molecule has 2 N–H and O–H groups in total. The number of para-hydroxylation sites is 1. The Kier molecular flexibility index (Phi) is 3.09. The number of nitrogens with two attached hydrogens (primary N) is 1. The van der Waals surface area contributed by atoms with E-state index < -0.39 is 0 Å². The Morgan fingerprint density at radius 2 is 1.83 bits per heavy atom. The summed E-state index contributed by atoms with van der Waals surface area (Å²) in [6, 6.07) is 17.9. The molecule has 0 aliphatic rings. The van der Waals surface area contributed by atoms with Crippen LogP contribution in [-0.2, 0) is 0 Å². The fraction of sp³-hybridized carbons (Fsp3) is 0.0667. The maximum Gasteiger partial charge on any atom is 0.134 e. The van der Waals surface area contributed by atoms with Crippen molar-refractivity contribution in [3.05, 3.63) is 69.5 Å². The average Bonchev–Trinajstić information content (AvgIpc) is 2.81. The average molecular weight is 349 g/mol. The summed E-state index contributed by atoms with van der Waals surface area (Å²) in [5.74, 6) is 0.804. The van der Waals surface area contributed by atoms with Crippen molar-refractivity contribution < 1.29 is 4.42 Å². The highest BCUT2D eigenvalue weighted by molar-refractivity contribution is 14.1. The van der Waals surface area contributed by atoms with Crippen LogP contribution in [0.3, 0.4) is 0 Å². The van der Waals surface area contributed by atoms with Gasteiger partial charge >= 0.3 is 0 Å². The Balaban J connectivity index is 2.03. The van der Waals surface area contributed by atoms with Gasteiger partial charge in [0.1, 0.15) is 11.3 Å². The molecule has 90 valence electrons. The Hall–Kier alpha value is -1.33. The smallest absolute Gasteiger partial charge is 0.134 e. The van der Waals surface area contributed by atoms with Crippen LogP contribution in [0.5, 0.6) is 0 Å². The molecule has 3 rings (SSSR count). The molecule has 18 heavy (non-hydrogen) atoms. The van der Waals surface area contributed by atoms with Gasteiger partial charge in [-0.25, -0.2) is 0 Å². The molecule has 1 atom stereocenters. The van der Waals surface area contributed by atoms with Crippen molar-refractivity contribution in [2.45, 2.75) is 6.04 Å². The molecule has 0 aliphatic carbocycles. The SMILES string of the molecule is NC(c1cccc(I)c1)c1cc2ccccc2o1. The number of hydrogen-bond donors (Lipinski definition) is 1. The van der Waals surface area contributed by atoms with Gasteiger partial charge in [0.05, 0.1) is 6.04 Å². The second kappa shape index (κ2) is 4.74. The van der Waals surface area contributed by atoms with E-state index in [1.54, 1.807) is 0 Å². The first kappa shape index (κ1) is 11.7. The molecule has 3 aromatic rings. The zero-order valence-electron chi connectivity index (χ0n) is 9.64. The summed E-state index contributed by atoms with van der Waals surface area (Å²) in [5.41, 5.74) is 8.21. The van der Waals surface area contributed by atoms with Crippen molar-refractivity contribution in [1.82, 2.24) is 0 Å². The van der Waals surface area contributed by atoms with Crippen LogP contribution < -0.4 is 5.73 Å². The lowest BCUT2D eigenvalue weighted by Crippen LogP contribution is -2.10. The molecule has 1 unspecified atom stereocenters. The van der Waals surface area contributed by atoms with Gasteiger partial charge in [-0.3, -0.25) is 0 Å². The minimum Gasteiger partial charge on any atom is -0.459 e. The summed E-state index contributed by atoms with van der Waals surface area (Å²) in [7, 11) is 0. The van der Waals surface area contributed by atoms with Gasteiger partial charge in [-0.15, -0.1) is 0 Å². The molecule has 2 nitrogen and oxygen atoms in total. The summed E-state index contributed by atoms with van der Waals surface area (Å²) < 4.78 is 6.97. The number of hydrogen-bond acceptors (Lipinski definition) is 2. The van der Waals surface area contributed by atoms with Gasteiger partial charge in [-0.1, -0.05) is 30.3 Å². The zero-order valence-corrected chi connectivity index (χ0v) is 11.8. The van der Waals surface area contributed by atoms with Gasteiger partial charge in [0.15, 0.2) is 0 Å². The molecule has 3 heteroatoms. The first-order valence-corrected chi connectivity index (χ1v) is 6.81. The number of benzene rings is 2. The molecule has 0 bridgehead atoms. The summed E-state index contributed by atoms with van der Waals surface area (Å²) in [5, 5.41) is 1.09. The van der Waals surface area contributed by atoms with E-state index in [0.29, 0.717) is 0 Å². The second-order valence-corrected chi connectivity index (χ2v) is 5.46. The zero-order chi connectivity index (χ0) is 12.5. The van der Waals surface area contributed by atoms with Crippen LogP contribution in [0.2, 0.25) is 0 Å². The fourth-order valence-electron chi connectivity index (χ4n) is 2.02. The van der Waals surface area contributed by atoms with Crippen molar-refractivity contribution in [3.8, 4) is 0 Å². The lowest BCUT2D eigenvalue weighted by atomic mass is 10.1. The predicted octanol–water partition coefficient (Wildman–Crippen LogP) is 4.09. The van der Waals surface area contributed by atoms with Crippen LogP contribution in [0.1, 0.15) is 17.4 Å². The van der Waals surface area contributed by atoms with Crippen LogP contribution in [-0.4, -0.2) is 0 Å². The van der Waals surface area contributed by atoms with E-state index in [-0.39, 0.29) is 6.04 Å². The molecule has 0 saturated heterocycles. The van der Waals surface area contributed by atoms with Gasteiger partial charge in [0.2, 0.25) is 0 Å². The highest BCUT2D eigenvalue weighted by Crippen LogP contribution is 2.27. The van der Waals surface area contributed by atoms with Crippen molar-refractivity contribution in [2.75, 3.05) is 0 Å². The summed E-state index contributed by atoms with van der Waals surface area (Å²) in [4.78, 5) is 0. The lowest BCUT2D eigenvalue weighted by molar-refractivity contribution is 0.525. The van der Waals surface area contributed by atoms with Crippen molar-refractivity contribution in [1.29, 1.82) is 0 Å². The van der Waals surface area contributed by atoms with Gasteiger partial charge in [0.25, 0.3) is 0 Å². The van der Waals surface area contributed by atoms with Crippen LogP contribution in [0.4, 0.5) is 0 Å². The molecule has 0 spiro atoms. The second-order valence-electron chi connectivity index (χ2n) is 4.22. The third kappa shape index (κ3) is 2.15. The van der Waals surface area contributed by atoms with Crippen molar-refractivity contribution >= 4 is 33.6 Å². The Labute approximate surface area is 119 Å². The third-order valence-electron chi connectivity index (χ3n) is 2.96. The number of rotatable bonds is 2. The number of halogens is 1. The van der Waals surface area contributed by atoms with Gasteiger partial charge in [-0.2, -0.15) is 0 Å². The topological polar surface area (TPSA) is 39.2 Å². The molecule has 0 fully saturated rings. The lowest BCUT2D eigenvalue weighted by Gasteiger charge is -2.09. The van der Waals surface area contributed by atoms with Gasteiger partial charge in [-0.05, 0) is 52.4 Å². The number of fused-ring (bicyclic) bond motifs is 1. The van der Waals surface area contributed by atoms with Crippen LogP contribution >= 0.6 is 22.6 Å². The van der Waals surface area contributed by atoms with Crippen molar-refractivity contribution in [2.24, 2.45) is 5.73 Å². The minimum absolute atomic E-state index is 0.216. The molecular formula is C15H12INO. The molecule has 0 amide bonds. The summed E-state index contributed by atoms with van der Waals surface area (Å²) >= 11 is 2.29. The maximum atomic E-state index is 6.25. The Morgan fingerprint density at radius 1 is 1.00 bits per heavy atom. The van der Waals surface area contributed by atoms with E-state index in [4.69, 9.17) is 10.2 Å². The van der Waals surface area contributed by atoms with E-state index in [1.165, 1.54) is 3.57 Å². The highest BCUT2D eigenvalue weighted by Gasteiger charge is 2.14. The molecule has 0 radical (unpaired) electrons.